The molecule has 0 aliphatic carbocycles. The van der Waals surface area contributed by atoms with Crippen molar-refractivity contribution in [1.82, 2.24) is 10.2 Å². The van der Waals surface area contributed by atoms with Gasteiger partial charge in [-0.3, -0.25) is 9.89 Å². The Bertz CT molecular complexity index is 1070. The number of methoxy groups -OCH3 is 2. The number of amides is 1. The Labute approximate surface area is 190 Å². The summed E-state index contributed by atoms with van der Waals surface area (Å²) in [5.41, 5.74) is 3.08. The topological polar surface area (TPSA) is 88.3 Å². The van der Waals surface area contributed by atoms with E-state index >= 15 is 0 Å². The molecule has 7 nitrogen and oxygen atoms in total. The van der Waals surface area contributed by atoms with E-state index in [1.807, 2.05) is 18.2 Å². The van der Waals surface area contributed by atoms with Gasteiger partial charge in [0.15, 0.2) is 5.82 Å². The maximum absolute atomic E-state index is 11.5. The molecule has 0 spiro atoms. The summed E-state index contributed by atoms with van der Waals surface area (Å²) in [5.74, 6) is 1.38. The largest absolute Gasteiger partial charge is 0.495 e. The molecule has 1 aromatic heterocycles. The Morgan fingerprint density at radius 3 is 2.42 bits per heavy atom. The van der Waals surface area contributed by atoms with Crippen LogP contribution in [0.4, 0.5) is 17.2 Å². The minimum atomic E-state index is -0.272. The van der Waals surface area contributed by atoms with Crippen molar-refractivity contribution in [2.75, 3.05) is 24.9 Å². The van der Waals surface area contributed by atoms with Crippen LogP contribution in [-0.4, -0.2) is 30.3 Å². The monoisotopic (exact) mass is 460 g/mol. The van der Waals surface area contributed by atoms with Crippen LogP contribution in [0.15, 0.2) is 49.1 Å². The van der Waals surface area contributed by atoms with Gasteiger partial charge in [0.05, 0.1) is 24.3 Å². The number of hydrogen-bond acceptors (Lipinski definition) is 5. The fraction of sp³-hybridized carbons (Fsp3) is 0.182. The molecule has 31 heavy (non-hydrogen) atoms. The molecular weight excluding hydrogens is 439 g/mol. The van der Waals surface area contributed by atoms with Crippen LogP contribution in [0.2, 0.25) is 10.0 Å². The molecule has 162 valence electrons. The smallest absolute Gasteiger partial charge is 0.247 e. The summed E-state index contributed by atoms with van der Waals surface area (Å²) in [5, 5.41) is 14.1. The highest BCUT2D eigenvalue weighted by molar-refractivity contribution is 6.37. The summed E-state index contributed by atoms with van der Waals surface area (Å²) < 4.78 is 10.6. The zero-order valence-corrected chi connectivity index (χ0v) is 18.6. The van der Waals surface area contributed by atoms with Crippen molar-refractivity contribution in [2.45, 2.75) is 12.8 Å². The number of nitrogens with zero attached hydrogens (tertiary/aromatic N) is 1. The van der Waals surface area contributed by atoms with Crippen molar-refractivity contribution < 1.29 is 14.3 Å². The molecule has 0 saturated heterocycles. The first-order valence-corrected chi connectivity index (χ1v) is 10.1. The summed E-state index contributed by atoms with van der Waals surface area (Å²) in [6.45, 7) is 3.45. The predicted octanol–water partition coefficient (Wildman–Crippen LogP) is 5.39. The van der Waals surface area contributed by atoms with E-state index in [0.717, 1.165) is 16.9 Å². The van der Waals surface area contributed by atoms with E-state index in [-0.39, 0.29) is 5.91 Å². The fourth-order valence-electron chi connectivity index (χ4n) is 2.99. The molecule has 0 aliphatic rings. The van der Waals surface area contributed by atoms with Crippen molar-refractivity contribution >= 4 is 46.3 Å². The number of carbonyl (C=O) groups excluding carboxylic acids is 1. The summed E-state index contributed by atoms with van der Waals surface area (Å²) in [6.07, 6.45) is 2.41. The third-order valence-electron chi connectivity index (χ3n) is 4.53. The quantitative estimate of drug-likeness (QED) is 0.372. The Balaban J connectivity index is 1.70. The molecule has 3 N–H and O–H groups in total. The first-order valence-electron chi connectivity index (χ1n) is 9.38. The summed E-state index contributed by atoms with van der Waals surface area (Å²) in [7, 11) is 3.09. The van der Waals surface area contributed by atoms with Gasteiger partial charge in [-0.15, -0.1) is 0 Å². The third kappa shape index (κ3) is 5.51. The SMILES string of the molecule is C=CC(=O)Nc1cccc(Nc2cc(CCc3c(Cl)c(OC)cc(OC)c3Cl)[nH]n2)c1. The molecular formula is C22H22Cl2N4O3. The lowest BCUT2D eigenvalue weighted by atomic mass is 10.1. The molecule has 9 heteroatoms. The molecule has 2 aromatic carbocycles. The van der Waals surface area contributed by atoms with E-state index in [1.54, 1.807) is 32.4 Å². The molecule has 0 unspecified atom stereocenters. The summed E-state index contributed by atoms with van der Waals surface area (Å²) in [4.78, 5) is 11.5. The lowest BCUT2D eigenvalue weighted by molar-refractivity contribution is -0.111. The summed E-state index contributed by atoms with van der Waals surface area (Å²) >= 11 is 12.9. The average Bonchev–Trinajstić information content (AvgIpc) is 3.21. The number of halogens is 2. The van der Waals surface area contributed by atoms with Crippen molar-refractivity contribution in [3.8, 4) is 11.5 Å². The van der Waals surface area contributed by atoms with Crippen LogP contribution in [0.25, 0.3) is 0 Å². The Hall–Kier alpha value is -3.16. The normalized spacial score (nSPS) is 10.5. The van der Waals surface area contributed by atoms with E-state index in [1.165, 1.54) is 6.08 Å². The highest BCUT2D eigenvalue weighted by Crippen LogP contribution is 2.40. The Kier molecular flexibility index (Phi) is 7.44. The van der Waals surface area contributed by atoms with Crippen LogP contribution in [0.3, 0.4) is 0 Å². The van der Waals surface area contributed by atoms with Gasteiger partial charge in [-0.2, -0.15) is 5.10 Å². The molecule has 0 aliphatic heterocycles. The number of H-pyrrole nitrogens is 1. The number of ether oxygens (including phenoxy) is 2. The molecule has 3 rings (SSSR count). The van der Waals surface area contributed by atoms with Crippen LogP contribution in [-0.2, 0) is 17.6 Å². The number of hydrogen-bond donors (Lipinski definition) is 3. The van der Waals surface area contributed by atoms with Crippen LogP contribution < -0.4 is 20.1 Å². The molecule has 3 aromatic rings. The second-order valence-electron chi connectivity index (χ2n) is 6.57. The average molecular weight is 461 g/mol. The highest BCUT2D eigenvalue weighted by Gasteiger charge is 2.17. The molecule has 0 radical (unpaired) electrons. The minimum Gasteiger partial charge on any atom is -0.495 e. The minimum absolute atomic E-state index is 0.272. The van der Waals surface area contributed by atoms with Crippen molar-refractivity contribution in [2.24, 2.45) is 0 Å². The number of aryl methyl sites for hydroxylation is 1. The highest BCUT2D eigenvalue weighted by atomic mass is 35.5. The number of carbonyl (C=O) groups is 1. The molecule has 0 bridgehead atoms. The van der Waals surface area contributed by atoms with Gasteiger partial charge in [0.2, 0.25) is 5.91 Å². The number of benzene rings is 2. The maximum Gasteiger partial charge on any atom is 0.247 e. The van der Waals surface area contributed by atoms with Crippen LogP contribution in [0.1, 0.15) is 11.3 Å². The van der Waals surface area contributed by atoms with Crippen molar-refractivity contribution in [1.29, 1.82) is 0 Å². The number of anilines is 3. The van der Waals surface area contributed by atoms with E-state index in [2.05, 4.69) is 27.4 Å². The van der Waals surface area contributed by atoms with Crippen LogP contribution in [0, 0.1) is 0 Å². The molecule has 0 atom stereocenters. The summed E-state index contributed by atoms with van der Waals surface area (Å²) in [6, 6.07) is 10.9. The Morgan fingerprint density at radius 2 is 1.77 bits per heavy atom. The van der Waals surface area contributed by atoms with Gasteiger partial charge in [0.25, 0.3) is 0 Å². The first kappa shape index (κ1) is 22.5. The van der Waals surface area contributed by atoms with E-state index in [0.29, 0.717) is 45.9 Å². The van der Waals surface area contributed by atoms with E-state index < -0.39 is 0 Å². The van der Waals surface area contributed by atoms with E-state index in [9.17, 15) is 4.79 Å². The van der Waals surface area contributed by atoms with Crippen LogP contribution in [0.5, 0.6) is 11.5 Å². The van der Waals surface area contributed by atoms with Crippen molar-refractivity contribution in [3.63, 3.8) is 0 Å². The van der Waals surface area contributed by atoms with E-state index in [4.69, 9.17) is 32.7 Å². The maximum atomic E-state index is 11.5. The van der Waals surface area contributed by atoms with Crippen LogP contribution >= 0.6 is 23.2 Å². The van der Waals surface area contributed by atoms with Gasteiger partial charge in [-0.05, 0) is 42.7 Å². The van der Waals surface area contributed by atoms with Gasteiger partial charge in [-0.1, -0.05) is 35.8 Å². The Morgan fingerprint density at radius 1 is 1.10 bits per heavy atom. The first-order chi connectivity index (χ1) is 14.9. The lowest BCUT2D eigenvalue weighted by Crippen LogP contribution is -2.07. The van der Waals surface area contributed by atoms with Crippen molar-refractivity contribution in [3.05, 3.63) is 70.4 Å². The lowest BCUT2D eigenvalue weighted by Gasteiger charge is -2.14. The molecule has 0 saturated carbocycles. The molecule has 1 heterocycles. The van der Waals surface area contributed by atoms with Gasteiger partial charge in [0, 0.05) is 29.2 Å². The van der Waals surface area contributed by atoms with Gasteiger partial charge in [0.1, 0.15) is 11.5 Å². The second kappa shape index (κ2) is 10.2. The van der Waals surface area contributed by atoms with Gasteiger partial charge < -0.3 is 20.1 Å². The zero-order valence-electron chi connectivity index (χ0n) is 17.1. The number of nitrogens with one attached hydrogen (secondary N) is 3. The second-order valence-corrected chi connectivity index (χ2v) is 7.32. The zero-order chi connectivity index (χ0) is 22.4. The fourth-order valence-corrected chi connectivity index (χ4v) is 3.68. The van der Waals surface area contributed by atoms with Gasteiger partial charge in [-0.25, -0.2) is 0 Å². The number of aromatic amines is 1. The molecule has 0 fully saturated rings. The molecule has 1 amide bonds. The number of rotatable bonds is 9. The van der Waals surface area contributed by atoms with Gasteiger partial charge >= 0.3 is 0 Å². The number of aromatic nitrogens is 2. The third-order valence-corrected chi connectivity index (χ3v) is 5.36. The standard InChI is InChI=1S/C22H22Cl2N4O3/c1-4-20(29)26-14-7-5-6-13(10-14)25-19-11-15(27-28-19)8-9-16-21(23)17(30-2)12-18(31-3)22(16)24/h4-7,10-12H,1,8-9H2,2-3H3,(H,26,29)(H2,25,27,28). The predicted molar refractivity (Wildman–Crippen MR) is 124 cm³/mol.